The van der Waals surface area contributed by atoms with Gasteiger partial charge in [0.2, 0.25) is 0 Å². The van der Waals surface area contributed by atoms with E-state index in [1.165, 1.54) is 0 Å². The van der Waals surface area contributed by atoms with Crippen LogP contribution in [-0.4, -0.2) is 41.9 Å². The Morgan fingerprint density at radius 3 is 1.98 bits per heavy atom. The molecule has 55 heavy (non-hydrogen) atoms. The standard InChI is InChI=1S/C45H40Cl2N6O2/c1-2-55-44(54)36-27-18-22-29(23-19-27)40(36)52-26-35(47)37-38(28-20-21-28)49-41(50-43(37)52)39-34-24-33(46)25-48-42(34)53(51-39)45(30-12-6-3-7-13-30,31-14-8-4-9-15-31)32-16-10-5-11-17-32/h3-17,24-29,36,40H,2,18-23H2,1H3/t27?,29?,36-,40-/m0/s1. The number of carbonyl (C=O) groups excluding carboxylic acids is 1. The summed E-state index contributed by atoms with van der Waals surface area (Å²) in [6, 6.07) is 33.1. The van der Waals surface area contributed by atoms with Crippen LogP contribution in [0.25, 0.3) is 33.6 Å². The molecule has 0 spiro atoms. The third kappa shape index (κ3) is 5.51. The molecule has 4 saturated carbocycles. The Balaban J connectivity index is 1.26. The number of carbonyl (C=O) groups is 1. The number of nitrogens with zero attached hydrogens (tertiary/aromatic N) is 6. The molecule has 4 aliphatic carbocycles. The number of pyridine rings is 1. The van der Waals surface area contributed by atoms with Crippen molar-refractivity contribution in [3.05, 3.63) is 142 Å². The fourth-order valence-corrected chi connectivity index (χ4v) is 10.2. The van der Waals surface area contributed by atoms with E-state index in [2.05, 4.69) is 77.4 Å². The number of hydrogen-bond acceptors (Lipinski definition) is 6. The van der Waals surface area contributed by atoms with Crippen LogP contribution in [0.4, 0.5) is 0 Å². The fraction of sp³-hybridized carbons (Fsp3) is 0.311. The van der Waals surface area contributed by atoms with Crippen molar-refractivity contribution in [1.82, 2.24) is 29.3 Å². The number of rotatable bonds is 9. The van der Waals surface area contributed by atoms with Gasteiger partial charge in [0.25, 0.3) is 0 Å². The van der Waals surface area contributed by atoms with Crippen molar-refractivity contribution in [2.75, 3.05) is 6.61 Å². The molecule has 4 heterocycles. The van der Waals surface area contributed by atoms with Gasteiger partial charge in [0, 0.05) is 18.3 Å². The topological polar surface area (TPSA) is 87.7 Å². The maximum absolute atomic E-state index is 13.7. The highest BCUT2D eigenvalue weighted by Crippen LogP contribution is 2.54. The third-order valence-corrected chi connectivity index (χ3v) is 12.8. The summed E-state index contributed by atoms with van der Waals surface area (Å²) in [5.74, 6) is 0.946. The molecule has 0 unspecified atom stereocenters. The Labute approximate surface area is 329 Å². The van der Waals surface area contributed by atoms with E-state index in [1.807, 2.05) is 42.1 Å². The summed E-state index contributed by atoms with van der Waals surface area (Å²) in [7, 11) is 0. The lowest BCUT2D eigenvalue weighted by Gasteiger charge is -2.47. The molecule has 0 aliphatic heterocycles. The van der Waals surface area contributed by atoms with E-state index in [-0.39, 0.29) is 29.8 Å². The molecule has 0 N–H and O–H groups in total. The molecule has 276 valence electrons. The van der Waals surface area contributed by atoms with E-state index in [4.69, 9.17) is 48.0 Å². The molecule has 8 nitrogen and oxygen atoms in total. The maximum atomic E-state index is 13.7. The van der Waals surface area contributed by atoms with Crippen LogP contribution in [-0.2, 0) is 15.1 Å². The smallest absolute Gasteiger partial charge is 0.311 e. The monoisotopic (exact) mass is 766 g/mol. The van der Waals surface area contributed by atoms with Crippen LogP contribution in [0.5, 0.6) is 0 Å². The van der Waals surface area contributed by atoms with E-state index in [1.54, 1.807) is 6.20 Å². The quantitative estimate of drug-likeness (QED) is 0.107. The molecule has 7 aromatic rings. The lowest BCUT2D eigenvalue weighted by atomic mass is 9.61. The zero-order valence-electron chi connectivity index (χ0n) is 30.5. The normalized spacial score (nSPS) is 21.0. The van der Waals surface area contributed by atoms with Crippen LogP contribution in [0.3, 0.4) is 0 Å². The summed E-state index contributed by atoms with van der Waals surface area (Å²) in [6.45, 7) is 2.23. The number of esters is 1. The summed E-state index contributed by atoms with van der Waals surface area (Å²) in [5.41, 5.74) is 5.03. The molecule has 4 aromatic heterocycles. The second-order valence-corrected chi connectivity index (χ2v) is 16.2. The number of benzene rings is 3. The SMILES string of the molecule is CCOC(=O)[C@H]1C2CCC(CC2)[C@@H]1n1cc(Cl)c2c(C3CC3)nc(-c3nn(C(c4ccccc4)(c4ccccc4)c4ccccc4)c4ncc(Cl)cc34)nc21. The maximum Gasteiger partial charge on any atom is 0.311 e. The van der Waals surface area contributed by atoms with Crippen molar-refractivity contribution >= 4 is 51.2 Å². The molecule has 0 radical (unpaired) electrons. The molecular weight excluding hydrogens is 727 g/mol. The molecule has 0 amide bonds. The van der Waals surface area contributed by atoms with Crippen LogP contribution in [0, 0.1) is 17.8 Å². The second-order valence-electron chi connectivity index (χ2n) is 15.3. The average molecular weight is 768 g/mol. The first-order chi connectivity index (χ1) is 27.0. The number of ether oxygens (including phenoxy) is 1. The van der Waals surface area contributed by atoms with Gasteiger partial charge in [-0.05, 0) is 80.0 Å². The predicted octanol–water partition coefficient (Wildman–Crippen LogP) is 10.4. The lowest BCUT2D eigenvalue weighted by Crippen LogP contribution is -2.45. The van der Waals surface area contributed by atoms with Crippen LogP contribution in [0.2, 0.25) is 10.0 Å². The molecule has 2 atom stereocenters. The van der Waals surface area contributed by atoms with Crippen molar-refractivity contribution in [3.63, 3.8) is 0 Å². The van der Waals surface area contributed by atoms with E-state index in [0.29, 0.717) is 39.7 Å². The first kappa shape index (κ1) is 34.4. The zero-order chi connectivity index (χ0) is 37.3. The first-order valence-electron chi connectivity index (χ1n) is 19.4. The van der Waals surface area contributed by atoms with Gasteiger partial charge in [-0.1, -0.05) is 114 Å². The molecular formula is C45H40Cl2N6O2. The van der Waals surface area contributed by atoms with Crippen LogP contribution in [0.15, 0.2) is 109 Å². The van der Waals surface area contributed by atoms with Crippen molar-refractivity contribution in [1.29, 1.82) is 0 Å². The molecule has 0 saturated heterocycles. The van der Waals surface area contributed by atoms with Gasteiger partial charge in [-0.25, -0.2) is 19.6 Å². The van der Waals surface area contributed by atoms with Crippen LogP contribution >= 0.6 is 23.2 Å². The van der Waals surface area contributed by atoms with Gasteiger partial charge in [0.15, 0.2) is 11.5 Å². The summed E-state index contributed by atoms with van der Waals surface area (Å²) in [6.07, 6.45) is 9.92. The van der Waals surface area contributed by atoms with E-state index < -0.39 is 5.54 Å². The largest absolute Gasteiger partial charge is 0.466 e. The molecule has 3 aromatic carbocycles. The number of halogens is 2. The lowest BCUT2D eigenvalue weighted by molar-refractivity contribution is -0.157. The van der Waals surface area contributed by atoms with Crippen molar-refractivity contribution in [2.24, 2.45) is 17.8 Å². The van der Waals surface area contributed by atoms with Crippen molar-refractivity contribution in [3.8, 4) is 11.5 Å². The predicted molar refractivity (Wildman–Crippen MR) is 215 cm³/mol. The van der Waals surface area contributed by atoms with Crippen molar-refractivity contribution in [2.45, 2.75) is 62.9 Å². The summed E-state index contributed by atoms with van der Waals surface area (Å²) >= 11 is 14.0. The molecule has 10 heteroatoms. The van der Waals surface area contributed by atoms with Crippen molar-refractivity contribution < 1.29 is 9.53 Å². The van der Waals surface area contributed by atoms with Gasteiger partial charge in [-0.2, -0.15) is 5.10 Å². The molecule has 4 aliphatic rings. The molecule has 11 rings (SSSR count). The minimum atomic E-state index is -0.928. The van der Waals surface area contributed by atoms with Gasteiger partial charge < -0.3 is 9.30 Å². The second kappa shape index (κ2) is 13.6. The van der Waals surface area contributed by atoms with E-state index in [9.17, 15) is 4.79 Å². The number of hydrogen-bond donors (Lipinski definition) is 0. The third-order valence-electron chi connectivity index (χ3n) is 12.3. The highest BCUT2D eigenvalue weighted by atomic mass is 35.5. The van der Waals surface area contributed by atoms with Gasteiger partial charge in [-0.3, -0.25) is 4.79 Å². The Morgan fingerprint density at radius 2 is 1.40 bits per heavy atom. The Hall–Kier alpha value is -5.05. The van der Waals surface area contributed by atoms with Crippen LogP contribution in [0.1, 0.15) is 79.8 Å². The minimum absolute atomic E-state index is 0.108. The number of fused-ring (bicyclic) bond motifs is 5. The van der Waals surface area contributed by atoms with Gasteiger partial charge >= 0.3 is 5.97 Å². The fourth-order valence-electron chi connectivity index (χ4n) is 9.78. The first-order valence-corrected chi connectivity index (χ1v) is 20.2. The van der Waals surface area contributed by atoms with Gasteiger partial charge in [0.05, 0.1) is 45.1 Å². The van der Waals surface area contributed by atoms with E-state index >= 15 is 0 Å². The average Bonchev–Trinajstić information content (AvgIpc) is 3.94. The molecule has 2 bridgehead atoms. The Bertz CT molecular complexity index is 2450. The van der Waals surface area contributed by atoms with Gasteiger partial charge in [0.1, 0.15) is 16.9 Å². The summed E-state index contributed by atoms with van der Waals surface area (Å²) < 4.78 is 9.95. The van der Waals surface area contributed by atoms with Gasteiger partial charge in [-0.15, -0.1) is 0 Å². The highest BCUT2D eigenvalue weighted by molar-refractivity contribution is 6.35. The minimum Gasteiger partial charge on any atom is -0.466 e. The Morgan fingerprint density at radius 1 is 0.800 bits per heavy atom. The highest BCUT2D eigenvalue weighted by Gasteiger charge is 2.50. The summed E-state index contributed by atoms with van der Waals surface area (Å²) in [5, 5.41) is 8.25. The van der Waals surface area contributed by atoms with E-state index in [0.717, 1.165) is 77.3 Å². The zero-order valence-corrected chi connectivity index (χ0v) is 32.0. The number of aromatic nitrogens is 6. The van der Waals surface area contributed by atoms with Crippen LogP contribution < -0.4 is 0 Å². The molecule has 4 fully saturated rings. The Kier molecular flexibility index (Phi) is 8.52. The summed E-state index contributed by atoms with van der Waals surface area (Å²) in [4.78, 5) is 29.4.